The third-order valence-corrected chi connectivity index (χ3v) is 3.79. The summed E-state index contributed by atoms with van der Waals surface area (Å²) in [6, 6.07) is 2.49. The van der Waals surface area contributed by atoms with E-state index in [1.54, 1.807) is 0 Å². The Morgan fingerprint density at radius 1 is 0.609 bits per heavy atom. The van der Waals surface area contributed by atoms with Crippen molar-refractivity contribution in [2.24, 2.45) is 0 Å². The maximum atomic E-state index is 4.80. The minimum atomic E-state index is 0.00694. The van der Waals surface area contributed by atoms with Gasteiger partial charge in [-0.05, 0) is 34.6 Å². The molecule has 8 heteroatoms. The summed E-state index contributed by atoms with van der Waals surface area (Å²) < 4.78 is 0. The van der Waals surface area contributed by atoms with E-state index in [1.165, 1.54) is 0 Å². The Hall–Kier alpha value is 0.899. The van der Waals surface area contributed by atoms with E-state index in [0.717, 1.165) is 32.7 Å². The van der Waals surface area contributed by atoms with Crippen LogP contribution in [0.25, 0.3) is 0 Å². The van der Waals surface area contributed by atoms with E-state index in [-0.39, 0.29) is 13.1 Å². The zero-order chi connectivity index (χ0) is 17.7. The topological polar surface area (TPSA) is 60.1 Å². The Labute approximate surface area is 157 Å². The van der Waals surface area contributed by atoms with Gasteiger partial charge in [-0.2, -0.15) is 0 Å². The molecule has 1 rings (SSSR count). The second kappa shape index (κ2) is 15.2. The van der Waals surface area contributed by atoms with Crippen molar-refractivity contribution >= 4 is 20.2 Å². The Morgan fingerprint density at radius 3 is 1.39 bits per heavy atom. The second-order valence-electron chi connectivity index (χ2n) is 6.61. The molecule has 5 atom stereocenters. The minimum absolute atomic E-state index is 0.00694. The molecule has 1 aliphatic rings. The van der Waals surface area contributed by atoms with Gasteiger partial charge in [-0.1, -0.05) is 0 Å². The summed E-state index contributed by atoms with van der Waals surface area (Å²) in [6.07, 6.45) is 0. The molecule has 0 spiro atoms. The summed E-state index contributed by atoms with van der Waals surface area (Å²) >= 11 is 0.00694. The van der Waals surface area contributed by atoms with E-state index >= 15 is 0 Å². The van der Waals surface area contributed by atoms with Crippen LogP contribution in [-0.4, -0.2) is 62.9 Å². The van der Waals surface area contributed by atoms with Gasteiger partial charge in [0, 0.05) is 62.9 Å². The molecule has 1 heterocycles. The van der Waals surface area contributed by atoms with Gasteiger partial charge in [0.2, 0.25) is 0 Å². The van der Waals surface area contributed by atoms with Crippen molar-refractivity contribution in [2.45, 2.75) is 64.8 Å². The average Bonchev–Trinajstić information content (AvgIpc) is 2.49. The molecule has 0 aliphatic carbocycles. The number of halogens is 2. The second-order valence-corrected chi connectivity index (χ2v) is 8.56. The first-order chi connectivity index (χ1) is 10.9. The van der Waals surface area contributed by atoms with Crippen LogP contribution in [-0.2, 0) is 13.1 Å². The van der Waals surface area contributed by atoms with Crippen LogP contribution in [0.2, 0.25) is 0 Å². The maximum absolute atomic E-state index is 4.80. The van der Waals surface area contributed by atoms with Crippen LogP contribution >= 0.6 is 20.2 Å². The SMILES string of the molecule is C[C@@H]1CN[C@@H](C)CN[C@@H](C)CNC[C@H](C)N[C@@H](C)CN1.[Cl][Mn][Cl]. The monoisotopic (exact) mass is 410 g/mol. The molecular formula is C15H35Cl2MnN5. The average molecular weight is 411 g/mol. The van der Waals surface area contributed by atoms with Crippen LogP contribution in [0.4, 0.5) is 0 Å². The molecule has 0 aromatic heterocycles. The Bertz CT molecular complexity index is 276. The fourth-order valence-corrected chi connectivity index (χ4v) is 2.47. The Morgan fingerprint density at radius 2 is 0.913 bits per heavy atom. The van der Waals surface area contributed by atoms with Crippen LogP contribution in [0.5, 0.6) is 0 Å². The normalized spacial score (nSPS) is 35.3. The van der Waals surface area contributed by atoms with Crippen LogP contribution in [0.1, 0.15) is 34.6 Å². The molecule has 5 nitrogen and oxygen atoms in total. The van der Waals surface area contributed by atoms with E-state index in [0.29, 0.717) is 30.2 Å². The standard InChI is InChI=1S/C15H35N5.2ClH.Mn/c1-11-6-16-7-14(4)20-15(5)10-19-13(3)9-18-12(2)8-17-11;;;/h11-20H,6-10H2,1-5H3;2*1H;/q;;;+2/p-2/t11-,12-,13+,14-,15-;;;/m0.../s1. The van der Waals surface area contributed by atoms with Gasteiger partial charge in [-0.15, -0.1) is 0 Å². The van der Waals surface area contributed by atoms with Gasteiger partial charge in [0.15, 0.2) is 0 Å². The number of nitrogens with one attached hydrogen (secondary N) is 5. The summed E-state index contributed by atoms with van der Waals surface area (Å²) in [6.45, 7) is 16.3. The van der Waals surface area contributed by atoms with Gasteiger partial charge in [-0.3, -0.25) is 0 Å². The van der Waals surface area contributed by atoms with Crippen LogP contribution in [0.15, 0.2) is 0 Å². The molecule has 0 amide bonds. The third-order valence-electron chi connectivity index (χ3n) is 3.79. The summed E-state index contributed by atoms with van der Waals surface area (Å²) in [5, 5.41) is 17.9. The fourth-order valence-electron chi connectivity index (χ4n) is 2.47. The van der Waals surface area contributed by atoms with E-state index in [4.69, 9.17) is 20.2 Å². The van der Waals surface area contributed by atoms with Crippen molar-refractivity contribution in [3.8, 4) is 0 Å². The first kappa shape index (κ1) is 23.9. The van der Waals surface area contributed by atoms with E-state index in [9.17, 15) is 0 Å². The summed E-state index contributed by atoms with van der Waals surface area (Å²) in [7, 11) is 9.59. The third kappa shape index (κ3) is 14.9. The van der Waals surface area contributed by atoms with Gasteiger partial charge in [-0.25, -0.2) is 0 Å². The molecule has 5 N–H and O–H groups in total. The molecule has 1 saturated heterocycles. The predicted octanol–water partition coefficient (Wildman–Crippen LogP) is 1.27. The Kier molecular flexibility index (Phi) is 15.8. The van der Waals surface area contributed by atoms with E-state index in [1.807, 2.05) is 0 Å². The van der Waals surface area contributed by atoms with Crippen molar-refractivity contribution < 1.29 is 13.1 Å². The first-order valence-electron chi connectivity index (χ1n) is 8.42. The van der Waals surface area contributed by atoms with Gasteiger partial charge in [0.05, 0.1) is 0 Å². The molecule has 0 unspecified atom stereocenters. The van der Waals surface area contributed by atoms with Crippen molar-refractivity contribution in [3.63, 3.8) is 0 Å². The molecule has 1 aliphatic heterocycles. The predicted molar refractivity (Wildman–Crippen MR) is 99.0 cm³/mol. The molecule has 0 radical (unpaired) electrons. The fraction of sp³-hybridized carbons (Fsp3) is 1.00. The summed E-state index contributed by atoms with van der Waals surface area (Å²) in [5.74, 6) is 0. The Balaban J connectivity index is 0.00000149. The molecule has 23 heavy (non-hydrogen) atoms. The summed E-state index contributed by atoms with van der Waals surface area (Å²) in [4.78, 5) is 0. The molecule has 141 valence electrons. The number of rotatable bonds is 0. The molecule has 1 fully saturated rings. The number of hydrogen-bond acceptors (Lipinski definition) is 5. The van der Waals surface area contributed by atoms with E-state index in [2.05, 4.69) is 61.2 Å². The molecular weight excluding hydrogens is 376 g/mol. The zero-order valence-electron chi connectivity index (χ0n) is 15.1. The van der Waals surface area contributed by atoms with Gasteiger partial charge in [0.25, 0.3) is 0 Å². The van der Waals surface area contributed by atoms with Crippen molar-refractivity contribution in [3.05, 3.63) is 0 Å². The van der Waals surface area contributed by atoms with E-state index < -0.39 is 0 Å². The summed E-state index contributed by atoms with van der Waals surface area (Å²) in [5.41, 5.74) is 0. The van der Waals surface area contributed by atoms with Gasteiger partial charge < -0.3 is 26.6 Å². The van der Waals surface area contributed by atoms with Crippen LogP contribution in [0, 0.1) is 0 Å². The van der Waals surface area contributed by atoms with Crippen molar-refractivity contribution in [2.75, 3.05) is 32.7 Å². The van der Waals surface area contributed by atoms with Crippen LogP contribution in [0.3, 0.4) is 0 Å². The van der Waals surface area contributed by atoms with Gasteiger partial charge >= 0.3 is 33.3 Å². The van der Waals surface area contributed by atoms with Crippen LogP contribution < -0.4 is 26.6 Å². The zero-order valence-corrected chi connectivity index (χ0v) is 17.7. The first-order valence-corrected chi connectivity index (χ1v) is 11.7. The molecule has 0 aromatic carbocycles. The molecule has 0 saturated carbocycles. The van der Waals surface area contributed by atoms with Gasteiger partial charge in [0.1, 0.15) is 0 Å². The molecule has 0 bridgehead atoms. The van der Waals surface area contributed by atoms with Crippen molar-refractivity contribution in [1.29, 1.82) is 0 Å². The van der Waals surface area contributed by atoms with Crippen molar-refractivity contribution in [1.82, 2.24) is 26.6 Å². The number of hydrogen-bond donors (Lipinski definition) is 5. The molecule has 0 aromatic rings. The quantitative estimate of drug-likeness (QED) is 0.389.